The first-order chi connectivity index (χ1) is 15.6. The lowest BCUT2D eigenvalue weighted by Crippen LogP contribution is -2.50. The van der Waals surface area contributed by atoms with Crippen LogP contribution in [0.25, 0.3) is 22.5 Å². The van der Waals surface area contributed by atoms with Crippen molar-refractivity contribution in [2.75, 3.05) is 6.54 Å². The second kappa shape index (κ2) is 8.88. The summed E-state index contributed by atoms with van der Waals surface area (Å²) in [4.78, 5) is 11.4. The van der Waals surface area contributed by atoms with Crippen molar-refractivity contribution >= 4 is 17.6 Å². The second-order valence-electron chi connectivity index (χ2n) is 8.56. The zero-order valence-corrected chi connectivity index (χ0v) is 18.1. The summed E-state index contributed by atoms with van der Waals surface area (Å²) in [6, 6.07) is 13.1. The highest BCUT2D eigenvalue weighted by Gasteiger charge is 2.38. The van der Waals surface area contributed by atoms with Gasteiger partial charge in [0.1, 0.15) is 11.8 Å². The quantitative estimate of drug-likeness (QED) is 0.538. The van der Waals surface area contributed by atoms with Gasteiger partial charge in [0.2, 0.25) is 5.82 Å². The van der Waals surface area contributed by atoms with Crippen LogP contribution in [0.5, 0.6) is 5.75 Å². The summed E-state index contributed by atoms with van der Waals surface area (Å²) in [5, 5.41) is 27.7. The summed E-state index contributed by atoms with van der Waals surface area (Å²) in [5.41, 5.74) is 2.74. The zero-order valence-electron chi connectivity index (χ0n) is 17.4. The Kier molecular flexibility index (Phi) is 5.80. The van der Waals surface area contributed by atoms with E-state index in [0.29, 0.717) is 34.9 Å². The Hall–Kier alpha value is -2.97. The molecule has 3 N–H and O–H groups in total. The lowest BCUT2D eigenvalue weighted by atomic mass is 9.72. The van der Waals surface area contributed by atoms with Crippen molar-refractivity contribution in [2.45, 2.75) is 37.8 Å². The molecule has 1 aliphatic heterocycles. The van der Waals surface area contributed by atoms with Crippen LogP contribution in [0.1, 0.15) is 25.7 Å². The van der Waals surface area contributed by atoms with E-state index in [2.05, 4.69) is 25.9 Å². The molecule has 0 spiro atoms. The molecule has 0 radical (unpaired) electrons. The van der Waals surface area contributed by atoms with Crippen molar-refractivity contribution in [3.8, 4) is 28.3 Å². The predicted molar refractivity (Wildman–Crippen MR) is 119 cm³/mol. The third kappa shape index (κ3) is 4.33. The number of nitrogens with zero attached hydrogens (tertiary/aromatic N) is 3. The summed E-state index contributed by atoms with van der Waals surface area (Å²) >= 11 is 6.19. The minimum absolute atomic E-state index is 0.00376. The second-order valence-corrected chi connectivity index (χ2v) is 9.00. The van der Waals surface area contributed by atoms with E-state index in [1.165, 1.54) is 0 Å². The molecule has 1 aliphatic carbocycles. The molecule has 8 nitrogen and oxygen atoms in total. The number of aromatic nitrogens is 4. The third-order valence-corrected chi connectivity index (χ3v) is 6.81. The SMILES string of the molecule is O=C(O)[C@@H]1C[C@H]2C[C@@H](Oc3cc(-c4cccc(Cl)c4)ccc3-c3nn[nH]n3)CC[C@H]2CN1. The van der Waals surface area contributed by atoms with Gasteiger partial charge in [-0.15, -0.1) is 10.2 Å². The van der Waals surface area contributed by atoms with Gasteiger partial charge in [-0.1, -0.05) is 29.8 Å². The molecule has 1 saturated carbocycles. The first kappa shape index (κ1) is 20.9. The molecule has 0 unspecified atom stereocenters. The Morgan fingerprint density at radius 2 is 1.97 bits per heavy atom. The average Bonchev–Trinajstić information content (AvgIpc) is 3.33. The maximum absolute atomic E-state index is 11.4. The number of aliphatic carboxylic acids is 1. The van der Waals surface area contributed by atoms with Crippen molar-refractivity contribution in [3.05, 3.63) is 47.5 Å². The average molecular weight is 454 g/mol. The largest absolute Gasteiger partial charge is 0.490 e. The summed E-state index contributed by atoms with van der Waals surface area (Å²) in [6.07, 6.45) is 3.42. The van der Waals surface area contributed by atoms with Crippen molar-refractivity contribution < 1.29 is 14.6 Å². The van der Waals surface area contributed by atoms with E-state index >= 15 is 0 Å². The normalized spacial score (nSPS) is 25.2. The van der Waals surface area contributed by atoms with E-state index in [-0.39, 0.29) is 6.10 Å². The molecule has 1 aromatic heterocycles. The number of hydrogen-bond acceptors (Lipinski definition) is 6. The van der Waals surface area contributed by atoms with Crippen LogP contribution in [0.15, 0.2) is 42.5 Å². The third-order valence-electron chi connectivity index (χ3n) is 6.57. The maximum Gasteiger partial charge on any atom is 0.320 e. The summed E-state index contributed by atoms with van der Waals surface area (Å²) in [5.74, 6) is 1.22. The number of piperidine rings is 1. The molecule has 1 saturated heterocycles. The first-order valence-corrected chi connectivity index (χ1v) is 11.2. The fraction of sp³-hybridized carbons (Fsp3) is 0.391. The number of carboxylic acid groups (broad SMARTS) is 1. The number of H-pyrrole nitrogens is 1. The number of hydrogen-bond donors (Lipinski definition) is 3. The molecular formula is C23H24ClN5O3. The molecule has 9 heteroatoms. The highest BCUT2D eigenvalue weighted by Crippen LogP contribution is 2.40. The van der Waals surface area contributed by atoms with Gasteiger partial charge in [-0.3, -0.25) is 4.79 Å². The van der Waals surface area contributed by atoms with E-state index in [0.717, 1.165) is 42.5 Å². The van der Waals surface area contributed by atoms with Gasteiger partial charge in [-0.05, 0) is 84.7 Å². The van der Waals surface area contributed by atoms with E-state index in [1.54, 1.807) is 0 Å². The van der Waals surface area contributed by atoms with Gasteiger partial charge in [0.25, 0.3) is 0 Å². The van der Waals surface area contributed by atoms with Gasteiger partial charge >= 0.3 is 5.97 Å². The van der Waals surface area contributed by atoms with Gasteiger partial charge in [0, 0.05) is 5.02 Å². The molecule has 2 aliphatic rings. The fourth-order valence-electron chi connectivity index (χ4n) is 4.92. The minimum atomic E-state index is -0.778. The number of carboxylic acids is 1. The Morgan fingerprint density at radius 3 is 2.75 bits per heavy atom. The number of fused-ring (bicyclic) bond motifs is 1. The molecule has 32 heavy (non-hydrogen) atoms. The van der Waals surface area contributed by atoms with Crippen LogP contribution in [0.2, 0.25) is 5.02 Å². The molecule has 0 amide bonds. The number of rotatable bonds is 5. The van der Waals surface area contributed by atoms with Gasteiger partial charge in [0.05, 0.1) is 11.7 Å². The van der Waals surface area contributed by atoms with Crippen molar-refractivity contribution in [1.29, 1.82) is 0 Å². The number of halogens is 1. The number of tetrazole rings is 1. The van der Waals surface area contributed by atoms with Gasteiger partial charge in [-0.25, -0.2) is 0 Å². The van der Waals surface area contributed by atoms with Crippen LogP contribution in [0.3, 0.4) is 0 Å². The van der Waals surface area contributed by atoms with Crippen molar-refractivity contribution in [3.63, 3.8) is 0 Å². The van der Waals surface area contributed by atoms with Crippen LogP contribution >= 0.6 is 11.6 Å². The Morgan fingerprint density at radius 1 is 1.09 bits per heavy atom. The number of carbonyl (C=O) groups is 1. The van der Waals surface area contributed by atoms with E-state index < -0.39 is 12.0 Å². The van der Waals surface area contributed by atoms with Crippen molar-refractivity contribution in [1.82, 2.24) is 25.9 Å². The van der Waals surface area contributed by atoms with Gasteiger partial charge in [0.15, 0.2) is 0 Å². The molecule has 2 heterocycles. The zero-order chi connectivity index (χ0) is 22.1. The first-order valence-electron chi connectivity index (χ1n) is 10.8. The summed E-state index contributed by atoms with van der Waals surface area (Å²) < 4.78 is 6.52. The maximum atomic E-state index is 11.4. The molecule has 0 bridgehead atoms. The highest BCUT2D eigenvalue weighted by molar-refractivity contribution is 6.30. The van der Waals surface area contributed by atoms with E-state index in [4.69, 9.17) is 16.3 Å². The van der Waals surface area contributed by atoms with Crippen LogP contribution in [0.4, 0.5) is 0 Å². The summed E-state index contributed by atoms with van der Waals surface area (Å²) in [7, 11) is 0. The molecule has 2 aromatic carbocycles. The van der Waals surface area contributed by atoms with Crippen LogP contribution in [-0.4, -0.2) is 50.4 Å². The highest BCUT2D eigenvalue weighted by atomic mass is 35.5. The molecule has 4 atom stereocenters. The van der Waals surface area contributed by atoms with Crippen molar-refractivity contribution in [2.24, 2.45) is 11.8 Å². The predicted octanol–water partition coefficient (Wildman–Crippen LogP) is 3.80. The lowest BCUT2D eigenvalue weighted by Gasteiger charge is -2.41. The van der Waals surface area contributed by atoms with E-state index in [9.17, 15) is 9.90 Å². The fourth-order valence-corrected chi connectivity index (χ4v) is 5.11. The number of benzene rings is 2. The Labute approximate surface area is 190 Å². The van der Waals surface area contributed by atoms with Crippen LogP contribution < -0.4 is 10.1 Å². The minimum Gasteiger partial charge on any atom is -0.490 e. The van der Waals surface area contributed by atoms with E-state index in [1.807, 2.05) is 42.5 Å². The smallest absolute Gasteiger partial charge is 0.320 e. The molecule has 5 rings (SSSR count). The molecule has 2 fully saturated rings. The Balaban J connectivity index is 1.41. The van der Waals surface area contributed by atoms with Crippen LogP contribution in [-0.2, 0) is 4.79 Å². The Bertz CT molecular complexity index is 1110. The van der Waals surface area contributed by atoms with Gasteiger partial charge in [-0.2, -0.15) is 5.21 Å². The number of nitrogens with one attached hydrogen (secondary N) is 2. The monoisotopic (exact) mass is 453 g/mol. The van der Waals surface area contributed by atoms with Crippen LogP contribution in [0, 0.1) is 11.8 Å². The standard InChI is InChI=1S/C23H24ClN5O3/c24-17-3-1-2-13(8-17)14-5-7-19(22-26-28-29-27-22)21(11-14)32-18-6-4-15-12-25-20(23(30)31)10-16(15)9-18/h1-3,5,7-8,11,15-16,18,20,25H,4,6,9-10,12H2,(H,30,31)(H,26,27,28,29)/t15-,16+,18-,20-/m0/s1. The molecule has 166 valence electrons. The number of ether oxygens (including phenoxy) is 1. The summed E-state index contributed by atoms with van der Waals surface area (Å²) in [6.45, 7) is 0.757. The number of aromatic amines is 1. The topological polar surface area (TPSA) is 113 Å². The lowest BCUT2D eigenvalue weighted by molar-refractivity contribution is -0.141. The van der Waals surface area contributed by atoms with Gasteiger partial charge < -0.3 is 15.2 Å². The molecule has 3 aromatic rings. The molecular weight excluding hydrogens is 430 g/mol.